The standard InChI is InChI=1S/C17H13Cl2F4N5/c1-9(6-20)14-13(7-24)26-28(16(14)25-8-27(2)3)15-11(18)4-10(5-12(15)19)17(21,22)23/h4-5,8H,1,6H2,2-3H3. The lowest BCUT2D eigenvalue weighted by molar-refractivity contribution is -0.137. The van der Waals surface area contributed by atoms with Crippen molar-refractivity contribution in [3.63, 3.8) is 0 Å². The fourth-order valence-corrected chi connectivity index (χ4v) is 2.90. The molecule has 1 aromatic carbocycles. The molecular formula is C17H13Cl2F4N5. The second kappa shape index (κ2) is 8.20. The minimum Gasteiger partial charge on any atom is -0.369 e. The van der Waals surface area contributed by atoms with Gasteiger partial charge in [0.05, 0.1) is 27.5 Å². The Hall–Kier alpha value is -2.57. The van der Waals surface area contributed by atoms with Crippen molar-refractivity contribution in [3.05, 3.63) is 45.6 Å². The van der Waals surface area contributed by atoms with E-state index >= 15 is 0 Å². The van der Waals surface area contributed by atoms with E-state index in [2.05, 4.69) is 16.7 Å². The number of aliphatic imine (C=N–C) groups is 1. The topological polar surface area (TPSA) is 57.2 Å². The molecule has 148 valence electrons. The first-order chi connectivity index (χ1) is 13.0. The molecular weight excluding hydrogens is 421 g/mol. The van der Waals surface area contributed by atoms with Gasteiger partial charge in [0.25, 0.3) is 0 Å². The molecule has 5 nitrogen and oxygen atoms in total. The molecule has 0 atom stereocenters. The van der Waals surface area contributed by atoms with E-state index < -0.39 is 18.4 Å². The zero-order valence-corrected chi connectivity index (χ0v) is 16.2. The third kappa shape index (κ3) is 4.29. The fourth-order valence-electron chi connectivity index (χ4n) is 2.26. The number of halogens is 6. The van der Waals surface area contributed by atoms with Gasteiger partial charge in [-0.25, -0.2) is 14.1 Å². The fraction of sp³-hybridized carbons (Fsp3) is 0.235. The van der Waals surface area contributed by atoms with E-state index in [1.807, 2.05) is 0 Å². The Kier molecular flexibility index (Phi) is 6.37. The normalized spacial score (nSPS) is 11.7. The first-order valence-electron chi connectivity index (χ1n) is 7.55. The Morgan fingerprint density at radius 3 is 2.36 bits per heavy atom. The number of hydrogen-bond acceptors (Lipinski definition) is 3. The van der Waals surface area contributed by atoms with E-state index in [0.717, 1.165) is 4.68 Å². The first-order valence-corrected chi connectivity index (χ1v) is 8.31. The summed E-state index contributed by atoms with van der Waals surface area (Å²) in [6.45, 7) is 2.57. The maximum Gasteiger partial charge on any atom is 0.416 e. The van der Waals surface area contributed by atoms with Crippen molar-refractivity contribution in [2.24, 2.45) is 4.99 Å². The molecule has 0 unspecified atom stereocenters. The summed E-state index contributed by atoms with van der Waals surface area (Å²) < 4.78 is 53.2. The maximum absolute atomic E-state index is 13.2. The Balaban J connectivity index is 2.84. The van der Waals surface area contributed by atoms with Gasteiger partial charge < -0.3 is 4.90 Å². The van der Waals surface area contributed by atoms with E-state index in [1.165, 1.54) is 6.34 Å². The zero-order valence-electron chi connectivity index (χ0n) is 14.7. The van der Waals surface area contributed by atoms with Crippen molar-refractivity contribution < 1.29 is 17.6 Å². The molecule has 0 spiro atoms. The van der Waals surface area contributed by atoms with Gasteiger partial charge in [-0.2, -0.15) is 23.5 Å². The summed E-state index contributed by atoms with van der Waals surface area (Å²) in [6.07, 6.45) is -3.32. The third-order valence-corrected chi connectivity index (χ3v) is 4.03. The van der Waals surface area contributed by atoms with Gasteiger partial charge in [0, 0.05) is 14.1 Å². The van der Waals surface area contributed by atoms with Crippen LogP contribution in [0.1, 0.15) is 16.8 Å². The van der Waals surface area contributed by atoms with Gasteiger partial charge in [-0.1, -0.05) is 29.8 Å². The molecule has 2 rings (SSSR count). The van der Waals surface area contributed by atoms with Crippen LogP contribution in [0.15, 0.2) is 23.7 Å². The summed E-state index contributed by atoms with van der Waals surface area (Å²) in [6, 6.07) is 3.15. The van der Waals surface area contributed by atoms with E-state index in [0.29, 0.717) is 12.1 Å². The number of benzene rings is 1. The Labute approximate surface area is 168 Å². The Morgan fingerprint density at radius 1 is 1.36 bits per heavy atom. The lowest BCUT2D eigenvalue weighted by atomic mass is 10.1. The molecule has 11 heteroatoms. The monoisotopic (exact) mass is 433 g/mol. The number of nitriles is 1. The SMILES string of the molecule is C=C(CF)c1c(C#N)nn(-c2c(Cl)cc(C(F)(F)F)cc2Cl)c1N=CN(C)C. The van der Waals surface area contributed by atoms with Gasteiger partial charge in [0.2, 0.25) is 0 Å². The smallest absolute Gasteiger partial charge is 0.369 e. The van der Waals surface area contributed by atoms with Crippen LogP contribution in [0.2, 0.25) is 10.0 Å². The largest absolute Gasteiger partial charge is 0.416 e. The van der Waals surface area contributed by atoms with Crippen LogP contribution in [0.4, 0.5) is 23.4 Å². The van der Waals surface area contributed by atoms with Crippen molar-refractivity contribution in [3.8, 4) is 11.8 Å². The summed E-state index contributed by atoms with van der Waals surface area (Å²) in [5.41, 5.74) is -1.47. The number of hydrogen-bond donors (Lipinski definition) is 0. The molecule has 0 radical (unpaired) electrons. The summed E-state index contributed by atoms with van der Waals surface area (Å²) in [4.78, 5) is 5.71. The van der Waals surface area contributed by atoms with Gasteiger partial charge in [-0.05, 0) is 17.7 Å². The first kappa shape index (κ1) is 21.7. The minimum atomic E-state index is -4.66. The van der Waals surface area contributed by atoms with Gasteiger partial charge in [0.1, 0.15) is 18.4 Å². The summed E-state index contributed by atoms with van der Waals surface area (Å²) in [7, 11) is 3.33. The lowest BCUT2D eigenvalue weighted by Crippen LogP contribution is -2.09. The molecule has 0 fully saturated rings. The van der Waals surface area contributed by atoms with E-state index in [-0.39, 0.29) is 38.4 Å². The van der Waals surface area contributed by atoms with Crippen molar-refractivity contribution in [1.29, 1.82) is 5.26 Å². The highest BCUT2D eigenvalue weighted by Gasteiger charge is 2.33. The molecule has 0 saturated carbocycles. The van der Waals surface area contributed by atoms with Gasteiger partial charge >= 0.3 is 6.18 Å². The van der Waals surface area contributed by atoms with Gasteiger partial charge in [-0.15, -0.1) is 0 Å². The van der Waals surface area contributed by atoms with Crippen molar-refractivity contribution >= 4 is 40.9 Å². The Bertz CT molecular complexity index is 964. The molecule has 0 N–H and O–H groups in total. The molecule has 1 heterocycles. The minimum absolute atomic E-state index is 0.00938. The molecule has 0 amide bonds. The molecule has 0 aliphatic heterocycles. The van der Waals surface area contributed by atoms with Crippen LogP contribution in [-0.2, 0) is 6.18 Å². The molecule has 28 heavy (non-hydrogen) atoms. The van der Waals surface area contributed by atoms with Gasteiger partial charge in [-0.3, -0.25) is 0 Å². The van der Waals surface area contributed by atoms with Gasteiger partial charge in [0.15, 0.2) is 11.5 Å². The number of nitrogens with zero attached hydrogens (tertiary/aromatic N) is 5. The van der Waals surface area contributed by atoms with Crippen LogP contribution >= 0.6 is 23.2 Å². The van der Waals surface area contributed by atoms with Crippen LogP contribution in [0.3, 0.4) is 0 Å². The number of rotatable bonds is 5. The second-order valence-electron chi connectivity index (χ2n) is 5.80. The quantitative estimate of drug-likeness (QED) is 0.366. The maximum atomic E-state index is 13.2. The molecule has 2 aromatic rings. The average Bonchev–Trinajstić information content (AvgIpc) is 2.96. The summed E-state index contributed by atoms with van der Waals surface area (Å²) in [5, 5.41) is 12.6. The van der Waals surface area contributed by atoms with Crippen LogP contribution < -0.4 is 0 Å². The third-order valence-electron chi connectivity index (χ3n) is 3.45. The van der Waals surface area contributed by atoms with E-state index in [4.69, 9.17) is 23.2 Å². The molecule has 0 bridgehead atoms. The molecule has 0 aliphatic rings. The Morgan fingerprint density at radius 2 is 1.93 bits per heavy atom. The number of aromatic nitrogens is 2. The highest BCUT2D eigenvalue weighted by molar-refractivity contribution is 6.38. The molecule has 0 aliphatic carbocycles. The van der Waals surface area contributed by atoms with Crippen LogP contribution in [0, 0.1) is 11.3 Å². The van der Waals surface area contributed by atoms with Crippen LogP contribution in [-0.4, -0.2) is 41.8 Å². The highest BCUT2D eigenvalue weighted by atomic mass is 35.5. The number of alkyl halides is 4. The highest BCUT2D eigenvalue weighted by Crippen LogP contribution is 2.40. The predicted molar refractivity (Wildman–Crippen MR) is 100 cm³/mol. The summed E-state index contributed by atoms with van der Waals surface area (Å²) >= 11 is 12.1. The van der Waals surface area contributed by atoms with Crippen molar-refractivity contribution in [1.82, 2.24) is 14.7 Å². The van der Waals surface area contributed by atoms with E-state index in [9.17, 15) is 22.8 Å². The lowest BCUT2D eigenvalue weighted by Gasteiger charge is -2.14. The van der Waals surface area contributed by atoms with Crippen LogP contribution in [0.5, 0.6) is 0 Å². The molecule has 1 aromatic heterocycles. The predicted octanol–water partition coefficient (Wildman–Crippen LogP) is 5.27. The van der Waals surface area contributed by atoms with Crippen LogP contribution in [0.25, 0.3) is 11.3 Å². The average molecular weight is 434 g/mol. The van der Waals surface area contributed by atoms with Crippen molar-refractivity contribution in [2.75, 3.05) is 20.8 Å². The molecule has 0 saturated heterocycles. The number of allylic oxidation sites excluding steroid dienone is 1. The second-order valence-corrected chi connectivity index (χ2v) is 6.62. The van der Waals surface area contributed by atoms with E-state index in [1.54, 1.807) is 25.1 Å². The zero-order chi connectivity index (χ0) is 21.2. The summed E-state index contributed by atoms with van der Waals surface area (Å²) in [5.74, 6) is -0.0449. The van der Waals surface area contributed by atoms with Crippen molar-refractivity contribution in [2.45, 2.75) is 6.18 Å².